The fraction of sp³-hybridized carbons (Fsp3) is 0.467. The van der Waals surface area contributed by atoms with Crippen LogP contribution in [0.15, 0.2) is 27.5 Å². The van der Waals surface area contributed by atoms with Crippen LogP contribution in [0.4, 0.5) is 11.4 Å². The first-order valence-electron chi connectivity index (χ1n) is 7.74. The van der Waals surface area contributed by atoms with Crippen molar-refractivity contribution in [3.8, 4) is 0 Å². The van der Waals surface area contributed by atoms with Crippen LogP contribution >= 0.6 is 0 Å². The van der Waals surface area contributed by atoms with Crippen molar-refractivity contribution in [3.63, 3.8) is 0 Å². The summed E-state index contributed by atoms with van der Waals surface area (Å²) in [5.74, 6) is 1.03. The first kappa shape index (κ1) is 18.2. The first-order chi connectivity index (χ1) is 11.4. The van der Waals surface area contributed by atoms with E-state index in [1.54, 1.807) is 18.2 Å². The number of aryl methyl sites for hydroxylation is 1. The van der Waals surface area contributed by atoms with Crippen molar-refractivity contribution in [1.29, 1.82) is 0 Å². The molecule has 24 heavy (non-hydrogen) atoms. The summed E-state index contributed by atoms with van der Waals surface area (Å²) in [5, 5.41) is 14.2. The second-order valence-electron chi connectivity index (χ2n) is 5.32. The van der Waals surface area contributed by atoms with E-state index in [4.69, 9.17) is 4.42 Å². The molecule has 0 bridgehead atoms. The minimum Gasteiger partial charge on any atom is -0.423 e. The largest absolute Gasteiger partial charge is 0.423 e. The van der Waals surface area contributed by atoms with Gasteiger partial charge in [0, 0.05) is 27.1 Å². The lowest BCUT2D eigenvalue weighted by molar-refractivity contribution is 0.460. The third-order valence-electron chi connectivity index (χ3n) is 3.38. The molecule has 0 unspecified atom stereocenters. The predicted molar refractivity (Wildman–Crippen MR) is 92.5 cm³/mol. The second kappa shape index (κ2) is 7.63. The first-order valence-corrected chi connectivity index (χ1v) is 9.18. The number of hydrogen-bond donors (Lipinski definition) is 2. The van der Waals surface area contributed by atoms with Crippen molar-refractivity contribution in [2.75, 3.05) is 31.3 Å². The minimum atomic E-state index is -3.50. The van der Waals surface area contributed by atoms with Crippen LogP contribution in [0.3, 0.4) is 0 Å². The van der Waals surface area contributed by atoms with Gasteiger partial charge in [0.15, 0.2) is 0 Å². The molecule has 1 heterocycles. The Labute approximate surface area is 142 Å². The van der Waals surface area contributed by atoms with Crippen LogP contribution < -0.4 is 10.6 Å². The number of rotatable bonds is 8. The number of benzene rings is 1. The maximum absolute atomic E-state index is 12.3. The summed E-state index contributed by atoms with van der Waals surface area (Å²) < 4.78 is 31.3. The summed E-state index contributed by atoms with van der Waals surface area (Å²) in [5.41, 5.74) is 1.47. The van der Waals surface area contributed by atoms with E-state index in [2.05, 4.69) is 20.8 Å². The average Bonchev–Trinajstić information content (AvgIpc) is 3.02. The molecule has 0 atom stereocenters. The lowest BCUT2D eigenvalue weighted by atomic mass is 10.2. The van der Waals surface area contributed by atoms with Gasteiger partial charge in [-0.3, -0.25) is 0 Å². The predicted octanol–water partition coefficient (Wildman–Crippen LogP) is 1.93. The lowest BCUT2D eigenvalue weighted by Gasteiger charge is -2.16. The molecule has 0 aliphatic rings. The van der Waals surface area contributed by atoms with Crippen LogP contribution in [0.25, 0.3) is 0 Å². The highest BCUT2D eigenvalue weighted by Crippen LogP contribution is 2.27. The van der Waals surface area contributed by atoms with Gasteiger partial charge < -0.3 is 15.1 Å². The van der Waals surface area contributed by atoms with Crippen molar-refractivity contribution in [1.82, 2.24) is 14.5 Å². The molecular formula is C15H23N5O3S. The summed E-state index contributed by atoms with van der Waals surface area (Å²) in [6, 6.07) is 4.93. The highest BCUT2D eigenvalue weighted by molar-refractivity contribution is 7.89. The molecule has 0 saturated heterocycles. The summed E-state index contributed by atoms with van der Waals surface area (Å²) in [6.07, 6.45) is 0.673. The van der Waals surface area contributed by atoms with Crippen molar-refractivity contribution in [2.24, 2.45) is 0 Å². The molecule has 9 heteroatoms. The maximum atomic E-state index is 12.3. The second-order valence-corrected chi connectivity index (χ2v) is 7.47. The van der Waals surface area contributed by atoms with Crippen molar-refractivity contribution >= 4 is 21.4 Å². The SMILES string of the molecule is CCNc1ccc(S(=O)(=O)N(C)C)cc1NCc1nnc(CC)o1. The third kappa shape index (κ3) is 4.04. The monoisotopic (exact) mass is 353 g/mol. The smallest absolute Gasteiger partial charge is 0.242 e. The summed E-state index contributed by atoms with van der Waals surface area (Å²) in [7, 11) is -0.489. The molecule has 0 amide bonds. The number of sulfonamides is 1. The Morgan fingerprint density at radius 2 is 1.79 bits per heavy atom. The number of nitrogens with zero attached hydrogens (tertiary/aromatic N) is 3. The Morgan fingerprint density at radius 3 is 2.38 bits per heavy atom. The summed E-state index contributed by atoms with van der Waals surface area (Å²) in [4.78, 5) is 0.219. The molecule has 0 spiro atoms. The van der Waals surface area contributed by atoms with Gasteiger partial charge in [-0.05, 0) is 25.1 Å². The molecule has 1 aromatic heterocycles. The van der Waals surface area contributed by atoms with Crippen LogP contribution in [0.5, 0.6) is 0 Å². The molecule has 0 saturated carbocycles. The molecule has 0 aliphatic carbocycles. The fourth-order valence-electron chi connectivity index (χ4n) is 2.06. The van der Waals surface area contributed by atoms with E-state index in [9.17, 15) is 8.42 Å². The van der Waals surface area contributed by atoms with Gasteiger partial charge in [0.05, 0.1) is 22.8 Å². The molecule has 2 N–H and O–H groups in total. The van der Waals surface area contributed by atoms with E-state index in [1.165, 1.54) is 18.4 Å². The molecule has 0 aliphatic heterocycles. The number of hydrogen-bond acceptors (Lipinski definition) is 7. The van der Waals surface area contributed by atoms with Gasteiger partial charge in [0.1, 0.15) is 0 Å². The minimum absolute atomic E-state index is 0.219. The average molecular weight is 353 g/mol. The highest BCUT2D eigenvalue weighted by atomic mass is 32.2. The van der Waals surface area contributed by atoms with E-state index < -0.39 is 10.0 Å². The van der Waals surface area contributed by atoms with Crippen molar-refractivity contribution in [2.45, 2.75) is 31.7 Å². The highest BCUT2D eigenvalue weighted by Gasteiger charge is 2.19. The molecular weight excluding hydrogens is 330 g/mol. The Hall–Kier alpha value is -2.13. The molecule has 2 rings (SSSR count). The molecule has 8 nitrogen and oxygen atoms in total. The van der Waals surface area contributed by atoms with Crippen LogP contribution in [0, 0.1) is 0 Å². The van der Waals surface area contributed by atoms with Gasteiger partial charge in [-0.15, -0.1) is 10.2 Å². The number of anilines is 2. The van der Waals surface area contributed by atoms with Crippen molar-refractivity contribution < 1.29 is 12.8 Å². The molecule has 2 aromatic rings. The van der Waals surface area contributed by atoms with Gasteiger partial charge in [-0.2, -0.15) is 0 Å². The quantitative estimate of drug-likeness (QED) is 0.748. The van der Waals surface area contributed by atoms with Gasteiger partial charge in [0.2, 0.25) is 21.8 Å². The Balaban J connectivity index is 2.27. The zero-order valence-corrected chi connectivity index (χ0v) is 15.1. The van der Waals surface area contributed by atoms with E-state index in [-0.39, 0.29) is 4.90 Å². The van der Waals surface area contributed by atoms with E-state index in [0.717, 1.165) is 12.2 Å². The molecule has 0 radical (unpaired) electrons. The maximum Gasteiger partial charge on any atom is 0.242 e. The fourth-order valence-corrected chi connectivity index (χ4v) is 2.99. The van der Waals surface area contributed by atoms with Crippen LogP contribution in [0.2, 0.25) is 0 Å². The lowest BCUT2D eigenvalue weighted by Crippen LogP contribution is -2.22. The van der Waals surface area contributed by atoms with Crippen LogP contribution in [-0.2, 0) is 23.0 Å². The van der Waals surface area contributed by atoms with Gasteiger partial charge in [-0.1, -0.05) is 6.92 Å². The Kier molecular flexibility index (Phi) is 5.79. The van der Waals surface area contributed by atoms with E-state index >= 15 is 0 Å². The van der Waals surface area contributed by atoms with Crippen molar-refractivity contribution in [3.05, 3.63) is 30.0 Å². The third-order valence-corrected chi connectivity index (χ3v) is 5.19. The Morgan fingerprint density at radius 1 is 1.08 bits per heavy atom. The zero-order valence-electron chi connectivity index (χ0n) is 14.3. The summed E-state index contributed by atoms with van der Waals surface area (Å²) in [6.45, 7) is 4.94. The normalized spacial score (nSPS) is 11.7. The van der Waals surface area contributed by atoms with Gasteiger partial charge >= 0.3 is 0 Å². The zero-order chi connectivity index (χ0) is 17.7. The number of nitrogens with one attached hydrogen (secondary N) is 2. The standard InChI is InChI=1S/C15H23N5O3S/c1-5-14-18-19-15(23-14)10-17-13-9-11(24(21,22)20(3)4)7-8-12(13)16-6-2/h7-9,16-17H,5-6,10H2,1-4H3. The summed E-state index contributed by atoms with van der Waals surface area (Å²) >= 11 is 0. The van der Waals surface area contributed by atoms with E-state index in [0.29, 0.717) is 30.4 Å². The van der Waals surface area contributed by atoms with Crippen LogP contribution in [-0.4, -0.2) is 43.6 Å². The van der Waals surface area contributed by atoms with Gasteiger partial charge in [0.25, 0.3) is 0 Å². The van der Waals surface area contributed by atoms with E-state index in [1.807, 2.05) is 13.8 Å². The number of aromatic nitrogens is 2. The molecule has 1 aromatic carbocycles. The van der Waals surface area contributed by atoms with Crippen LogP contribution in [0.1, 0.15) is 25.6 Å². The molecule has 132 valence electrons. The topological polar surface area (TPSA) is 100 Å². The molecule has 0 fully saturated rings. The Bertz CT molecular complexity index is 786. The van der Waals surface area contributed by atoms with Gasteiger partial charge in [-0.25, -0.2) is 12.7 Å².